The molecule has 0 saturated carbocycles. The van der Waals surface area contributed by atoms with Gasteiger partial charge in [0, 0.05) is 37.1 Å². The number of likely N-dealkylation sites (tertiary alicyclic amines) is 1. The normalized spacial score (nSPS) is 32.0. The third-order valence-electron chi connectivity index (χ3n) is 8.48. The van der Waals surface area contributed by atoms with Crippen molar-refractivity contribution in [3.63, 3.8) is 0 Å². The van der Waals surface area contributed by atoms with Crippen molar-refractivity contribution in [3.05, 3.63) is 30.3 Å². The van der Waals surface area contributed by atoms with Gasteiger partial charge >= 0.3 is 0 Å². The number of fused-ring (bicyclic) bond motifs is 1. The summed E-state index contributed by atoms with van der Waals surface area (Å²) >= 11 is 1.65. The van der Waals surface area contributed by atoms with Gasteiger partial charge in [-0.25, -0.2) is 0 Å². The second kappa shape index (κ2) is 10.9. The summed E-state index contributed by atoms with van der Waals surface area (Å²) in [4.78, 5) is 45.4. The van der Waals surface area contributed by atoms with Crippen LogP contribution >= 0.6 is 11.8 Å². The van der Waals surface area contributed by atoms with Crippen LogP contribution in [0.2, 0.25) is 0 Å². The number of benzene rings is 1. The van der Waals surface area contributed by atoms with Crippen LogP contribution in [0.4, 0.5) is 5.69 Å². The van der Waals surface area contributed by atoms with Crippen LogP contribution in [0.5, 0.6) is 0 Å². The lowest BCUT2D eigenvalue weighted by Gasteiger charge is -2.38. The third-order valence-corrected chi connectivity index (χ3v) is 10.4. The Balaban J connectivity index is 1.40. The molecule has 5 rings (SSSR count). The van der Waals surface area contributed by atoms with E-state index in [0.717, 1.165) is 26.1 Å². The fraction of sp³-hybridized carbons (Fsp3) is 0.667. The predicted molar refractivity (Wildman–Crippen MR) is 142 cm³/mol. The van der Waals surface area contributed by atoms with E-state index in [1.807, 2.05) is 44.2 Å². The number of thioether (sulfide) groups is 1. The molecule has 3 N–H and O–H groups in total. The molecule has 37 heavy (non-hydrogen) atoms. The monoisotopic (exact) mass is 530 g/mol. The largest absolute Gasteiger partial charge is 0.394 e. The topological polar surface area (TPSA) is 111 Å². The van der Waals surface area contributed by atoms with Gasteiger partial charge in [0.15, 0.2) is 0 Å². The van der Waals surface area contributed by atoms with Crippen molar-refractivity contribution in [2.45, 2.75) is 48.8 Å². The van der Waals surface area contributed by atoms with Gasteiger partial charge in [-0.15, -0.1) is 11.8 Å². The first-order valence-electron chi connectivity index (χ1n) is 13.4. The molecule has 4 saturated heterocycles. The Morgan fingerprint density at radius 1 is 1.19 bits per heavy atom. The van der Waals surface area contributed by atoms with Gasteiger partial charge in [-0.2, -0.15) is 0 Å². The molecule has 1 aromatic carbocycles. The Bertz CT molecular complexity index is 1000. The van der Waals surface area contributed by atoms with E-state index < -0.39 is 28.7 Å². The quantitative estimate of drug-likeness (QED) is 0.440. The Kier molecular flexibility index (Phi) is 7.81. The summed E-state index contributed by atoms with van der Waals surface area (Å²) in [5.74, 6) is -1.65. The standard InChI is InChI=1S/C27H38N4O5S/c1-17(2)19(16-32)31-23(25(34)28-10-11-30-12-14-36-15-13-30)27-9-8-20(37-27)21(22(27)26(31)35)24(33)29-18-6-4-3-5-7-18/h3-7,17,19-23,32H,8-16H2,1-2H3,(H,28,34)(H,29,33)/t19-,20+,21-,22-,23?,27?/m0/s1. The average Bonchev–Trinajstić information content (AvgIpc) is 3.53. The molecule has 4 aliphatic heterocycles. The van der Waals surface area contributed by atoms with Crippen LogP contribution in [0.3, 0.4) is 0 Å². The molecule has 4 aliphatic rings. The highest BCUT2D eigenvalue weighted by molar-refractivity contribution is 8.02. The molecular formula is C27H38N4O5S. The number of carbonyl (C=O) groups excluding carboxylic acids is 3. The molecule has 10 heteroatoms. The van der Waals surface area contributed by atoms with Crippen molar-refractivity contribution in [2.24, 2.45) is 17.8 Å². The molecule has 0 radical (unpaired) electrons. The summed E-state index contributed by atoms with van der Waals surface area (Å²) in [5.41, 5.74) is 0.699. The van der Waals surface area contributed by atoms with Crippen molar-refractivity contribution < 1.29 is 24.2 Å². The van der Waals surface area contributed by atoms with Crippen LogP contribution in [0, 0.1) is 17.8 Å². The van der Waals surface area contributed by atoms with Gasteiger partial charge < -0.3 is 25.4 Å². The van der Waals surface area contributed by atoms with E-state index in [9.17, 15) is 19.5 Å². The maximum absolute atomic E-state index is 14.1. The van der Waals surface area contributed by atoms with E-state index in [2.05, 4.69) is 15.5 Å². The number of aliphatic hydroxyl groups excluding tert-OH is 1. The predicted octanol–water partition coefficient (Wildman–Crippen LogP) is 1.18. The number of ether oxygens (including phenoxy) is 1. The maximum Gasteiger partial charge on any atom is 0.244 e. The Morgan fingerprint density at radius 2 is 1.92 bits per heavy atom. The fourth-order valence-corrected chi connectivity index (χ4v) is 8.88. The zero-order valence-corrected chi connectivity index (χ0v) is 22.4. The lowest BCUT2D eigenvalue weighted by molar-refractivity contribution is -0.143. The number of nitrogens with zero attached hydrogens (tertiary/aromatic N) is 2. The van der Waals surface area contributed by atoms with Crippen molar-refractivity contribution in [1.82, 2.24) is 15.1 Å². The highest BCUT2D eigenvalue weighted by Gasteiger charge is 2.74. The first kappa shape index (κ1) is 26.5. The van der Waals surface area contributed by atoms with Crippen molar-refractivity contribution in [2.75, 3.05) is 51.3 Å². The van der Waals surface area contributed by atoms with E-state index >= 15 is 0 Å². The number of hydrogen-bond acceptors (Lipinski definition) is 7. The number of amides is 3. The minimum atomic E-state index is -0.709. The van der Waals surface area contributed by atoms with Crippen LogP contribution in [0.25, 0.3) is 0 Å². The maximum atomic E-state index is 14.1. The van der Waals surface area contributed by atoms with E-state index in [1.165, 1.54) is 0 Å². The van der Waals surface area contributed by atoms with Gasteiger partial charge in [-0.3, -0.25) is 19.3 Å². The summed E-state index contributed by atoms with van der Waals surface area (Å²) < 4.78 is 4.75. The minimum Gasteiger partial charge on any atom is -0.394 e. The molecule has 0 aliphatic carbocycles. The summed E-state index contributed by atoms with van der Waals surface area (Å²) in [5, 5.41) is 16.4. The minimum absolute atomic E-state index is 0.00455. The van der Waals surface area contributed by atoms with Gasteiger partial charge in [0.1, 0.15) is 6.04 Å². The molecule has 1 aromatic rings. The zero-order chi connectivity index (χ0) is 26.2. The highest BCUT2D eigenvalue weighted by atomic mass is 32.2. The number of aliphatic hydroxyl groups is 1. The van der Waals surface area contributed by atoms with Crippen LogP contribution in [-0.4, -0.2) is 101 Å². The molecule has 3 amide bonds. The number of carbonyl (C=O) groups is 3. The fourth-order valence-electron chi connectivity index (χ4n) is 6.67. The second-order valence-electron chi connectivity index (χ2n) is 10.9. The molecular weight excluding hydrogens is 492 g/mol. The number of hydrogen-bond donors (Lipinski definition) is 3. The summed E-state index contributed by atoms with van der Waals surface area (Å²) in [7, 11) is 0. The van der Waals surface area contributed by atoms with E-state index in [0.29, 0.717) is 31.9 Å². The van der Waals surface area contributed by atoms with Crippen LogP contribution in [0.15, 0.2) is 30.3 Å². The first-order chi connectivity index (χ1) is 17.9. The van der Waals surface area contributed by atoms with E-state index in [4.69, 9.17) is 4.74 Å². The Morgan fingerprint density at radius 3 is 2.59 bits per heavy atom. The molecule has 6 atom stereocenters. The highest BCUT2D eigenvalue weighted by Crippen LogP contribution is 2.66. The summed E-state index contributed by atoms with van der Waals surface area (Å²) in [6.07, 6.45) is 1.50. The molecule has 202 valence electrons. The number of morpholine rings is 1. The first-order valence-corrected chi connectivity index (χ1v) is 14.3. The SMILES string of the molecule is CC(C)[C@H](CO)N1C(=O)[C@@H]2[C@@H](C(=O)Nc3ccccc3)[C@H]3CCC2(S3)C1C(=O)NCCN1CCOCC1. The van der Waals surface area contributed by atoms with Crippen LogP contribution in [-0.2, 0) is 19.1 Å². The van der Waals surface area contributed by atoms with Gasteiger partial charge in [0.2, 0.25) is 17.7 Å². The zero-order valence-electron chi connectivity index (χ0n) is 21.6. The molecule has 2 bridgehead atoms. The molecule has 9 nitrogen and oxygen atoms in total. The average molecular weight is 531 g/mol. The molecule has 0 aromatic heterocycles. The van der Waals surface area contributed by atoms with Gasteiger partial charge in [0.25, 0.3) is 0 Å². The van der Waals surface area contributed by atoms with Gasteiger partial charge in [0.05, 0.1) is 42.4 Å². The van der Waals surface area contributed by atoms with Crippen LogP contribution in [0.1, 0.15) is 26.7 Å². The van der Waals surface area contributed by atoms with Crippen molar-refractivity contribution >= 4 is 35.2 Å². The third kappa shape index (κ3) is 4.77. The van der Waals surface area contributed by atoms with Crippen LogP contribution < -0.4 is 10.6 Å². The number of anilines is 1. The lowest BCUT2D eigenvalue weighted by Crippen LogP contribution is -2.58. The Hall–Kier alpha value is -2.14. The smallest absolute Gasteiger partial charge is 0.244 e. The molecule has 2 unspecified atom stereocenters. The van der Waals surface area contributed by atoms with Gasteiger partial charge in [-0.1, -0.05) is 32.0 Å². The number of para-hydroxylation sites is 1. The van der Waals surface area contributed by atoms with E-state index in [-0.39, 0.29) is 35.5 Å². The van der Waals surface area contributed by atoms with E-state index in [1.54, 1.807) is 16.7 Å². The lowest BCUT2D eigenvalue weighted by atomic mass is 9.70. The number of rotatable bonds is 9. The molecule has 1 spiro atoms. The summed E-state index contributed by atoms with van der Waals surface area (Å²) in [6, 6.07) is 8.09. The Labute approximate surface area is 222 Å². The second-order valence-corrected chi connectivity index (χ2v) is 12.5. The van der Waals surface area contributed by atoms with Gasteiger partial charge in [-0.05, 0) is 30.9 Å². The molecule has 4 fully saturated rings. The number of nitrogens with one attached hydrogen (secondary N) is 2. The van der Waals surface area contributed by atoms with Crippen molar-refractivity contribution in [3.8, 4) is 0 Å². The summed E-state index contributed by atoms with van der Waals surface area (Å²) in [6.45, 7) is 7.96. The van der Waals surface area contributed by atoms with Crippen molar-refractivity contribution in [1.29, 1.82) is 0 Å². The molecule has 4 heterocycles.